The van der Waals surface area contributed by atoms with Gasteiger partial charge in [-0.05, 0) is 72.0 Å². The molecule has 196 valence electrons. The molecular weight excluding hydrogens is 482 g/mol. The van der Waals surface area contributed by atoms with Crippen LogP contribution in [0.25, 0.3) is 22.2 Å². The second-order valence-electron chi connectivity index (χ2n) is 10.1. The SMILES string of the molecule is C=C(NC(Cc1ccc(N2C(=C)c3cc4ccccc4cc3N(C)C2=O)cc1)C(=C)O)c1c(C)cccc1C. The van der Waals surface area contributed by atoms with E-state index in [1.54, 1.807) is 16.8 Å². The smallest absolute Gasteiger partial charge is 0.333 e. The summed E-state index contributed by atoms with van der Waals surface area (Å²) in [7, 11) is 1.79. The van der Waals surface area contributed by atoms with E-state index in [4.69, 9.17) is 0 Å². The second-order valence-corrected chi connectivity index (χ2v) is 10.1. The van der Waals surface area contributed by atoms with Crippen molar-refractivity contribution in [3.63, 3.8) is 0 Å². The molecule has 2 amide bonds. The molecule has 0 fully saturated rings. The largest absolute Gasteiger partial charge is 0.511 e. The third-order valence-electron chi connectivity index (χ3n) is 7.45. The molecule has 5 rings (SSSR count). The van der Waals surface area contributed by atoms with Gasteiger partial charge >= 0.3 is 6.03 Å². The van der Waals surface area contributed by atoms with Gasteiger partial charge < -0.3 is 10.4 Å². The molecule has 1 unspecified atom stereocenters. The van der Waals surface area contributed by atoms with Gasteiger partial charge in [0.05, 0.1) is 23.1 Å². The molecule has 0 aliphatic carbocycles. The van der Waals surface area contributed by atoms with Crippen molar-refractivity contribution >= 4 is 39.6 Å². The number of nitrogens with one attached hydrogen (secondary N) is 1. The van der Waals surface area contributed by atoms with Crippen molar-refractivity contribution in [1.29, 1.82) is 0 Å². The Kier molecular flexibility index (Phi) is 6.75. The summed E-state index contributed by atoms with van der Waals surface area (Å²) >= 11 is 0. The maximum atomic E-state index is 13.4. The maximum absolute atomic E-state index is 13.4. The van der Waals surface area contributed by atoms with E-state index in [0.717, 1.165) is 55.7 Å². The third-order valence-corrected chi connectivity index (χ3v) is 7.45. The molecule has 2 N–H and O–H groups in total. The van der Waals surface area contributed by atoms with Crippen LogP contribution >= 0.6 is 0 Å². The lowest BCUT2D eigenvalue weighted by atomic mass is 9.98. The van der Waals surface area contributed by atoms with E-state index in [1.165, 1.54) is 0 Å². The molecule has 5 nitrogen and oxygen atoms in total. The van der Waals surface area contributed by atoms with Crippen LogP contribution in [0.2, 0.25) is 0 Å². The lowest BCUT2D eigenvalue weighted by molar-refractivity contribution is 0.254. The average Bonchev–Trinajstić information content (AvgIpc) is 2.91. The van der Waals surface area contributed by atoms with Crippen molar-refractivity contribution < 1.29 is 9.90 Å². The van der Waals surface area contributed by atoms with Crippen LogP contribution in [0.1, 0.15) is 27.8 Å². The van der Waals surface area contributed by atoms with Crippen LogP contribution in [0.3, 0.4) is 0 Å². The zero-order valence-corrected chi connectivity index (χ0v) is 22.7. The van der Waals surface area contributed by atoms with Crippen molar-refractivity contribution in [3.8, 4) is 0 Å². The normalized spacial score (nSPS) is 13.8. The highest BCUT2D eigenvalue weighted by molar-refractivity contribution is 6.18. The van der Waals surface area contributed by atoms with Crippen LogP contribution in [-0.4, -0.2) is 24.2 Å². The molecule has 1 aliphatic rings. The number of aliphatic hydroxyl groups excluding tert-OH is 1. The van der Waals surface area contributed by atoms with Crippen molar-refractivity contribution in [2.75, 3.05) is 16.8 Å². The molecule has 1 aliphatic heterocycles. The number of carbonyl (C=O) groups excluding carboxylic acids is 1. The van der Waals surface area contributed by atoms with Gasteiger partial charge in [-0.1, -0.05) is 74.3 Å². The predicted octanol–water partition coefficient (Wildman–Crippen LogP) is 7.75. The molecule has 5 heteroatoms. The fourth-order valence-corrected chi connectivity index (χ4v) is 5.33. The Morgan fingerprint density at radius 2 is 1.54 bits per heavy atom. The van der Waals surface area contributed by atoms with E-state index < -0.39 is 6.04 Å². The predicted molar refractivity (Wildman–Crippen MR) is 163 cm³/mol. The Hall–Kier alpha value is -4.77. The highest BCUT2D eigenvalue weighted by Crippen LogP contribution is 2.39. The number of fused-ring (bicyclic) bond motifs is 2. The van der Waals surface area contributed by atoms with Gasteiger partial charge in [-0.2, -0.15) is 0 Å². The number of carbonyl (C=O) groups is 1. The van der Waals surface area contributed by atoms with E-state index in [1.807, 2.05) is 80.6 Å². The van der Waals surface area contributed by atoms with Gasteiger partial charge in [0.1, 0.15) is 5.76 Å². The minimum absolute atomic E-state index is 0.0384. The number of hydrogen-bond donors (Lipinski definition) is 2. The van der Waals surface area contributed by atoms with Crippen molar-refractivity contribution in [3.05, 3.63) is 132 Å². The minimum Gasteiger partial charge on any atom is -0.511 e. The van der Waals surface area contributed by atoms with Crippen molar-refractivity contribution in [2.24, 2.45) is 0 Å². The molecule has 0 saturated heterocycles. The third kappa shape index (κ3) is 4.79. The Balaban J connectivity index is 1.38. The first-order valence-electron chi connectivity index (χ1n) is 12.9. The fourth-order valence-electron chi connectivity index (χ4n) is 5.33. The summed E-state index contributed by atoms with van der Waals surface area (Å²) in [5, 5.41) is 15.9. The molecular formula is C34H33N3O2. The summed E-state index contributed by atoms with van der Waals surface area (Å²) < 4.78 is 0. The maximum Gasteiger partial charge on any atom is 0.333 e. The van der Waals surface area contributed by atoms with E-state index in [2.05, 4.69) is 37.2 Å². The van der Waals surface area contributed by atoms with Crippen molar-refractivity contribution in [1.82, 2.24) is 5.32 Å². The molecule has 0 aromatic heterocycles. The number of aliphatic hydroxyl groups is 1. The number of anilines is 2. The van der Waals surface area contributed by atoms with Crippen LogP contribution < -0.4 is 15.1 Å². The molecule has 0 saturated carbocycles. The van der Waals surface area contributed by atoms with Gasteiger partial charge in [0.25, 0.3) is 0 Å². The quantitative estimate of drug-likeness (QED) is 0.248. The van der Waals surface area contributed by atoms with Gasteiger partial charge in [0, 0.05) is 23.9 Å². The highest BCUT2D eigenvalue weighted by atomic mass is 16.3. The number of rotatable bonds is 7. The van der Waals surface area contributed by atoms with E-state index in [-0.39, 0.29) is 11.8 Å². The zero-order valence-electron chi connectivity index (χ0n) is 22.7. The topological polar surface area (TPSA) is 55.8 Å². The Morgan fingerprint density at radius 1 is 0.923 bits per heavy atom. The van der Waals surface area contributed by atoms with E-state index in [0.29, 0.717) is 12.1 Å². The van der Waals surface area contributed by atoms with Gasteiger partial charge in [-0.15, -0.1) is 0 Å². The van der Waals surface area contributed by atoms with Gasteiger partial charge in [-0.25, -0.2) is 4.79 Å². The van der Waals surface area contributed by atoms with Crippen LogP contribution in [0.4, 0.5) is 16.2 Å². The first-order chi connectivity index (χ1) is 18.7. The van der Waals surface area contributed by atoms with Crippen molar-refractivity contribution in [2.45, 2.75) is 26.3 Å². The standard InChI is InChI=1S/C34H33N3O2/c1-21-10-9-11-22(2)33(21)23(3)35-31(25(5)38)18-26-14-16-29(17-15-26)37-24(4)30-19-27-12-7-8-13-28(27)20-32(30)36(6)34(37)39/h7-17,19-20,31,35,38H,3-5,18H2,1-2,6H3. The summed E-state index contributed by atoms with van der Waals surface area (Å²) in [5.74, 6) is 0.0384. The molecule has 1 heterocycles. The summed E-state index contributed by atoms with van der Waals surface area (Å²) in [6.07, 6.45) is 0.503. The summed E-state index contributed by atoms with van der Waals surface area (Å²) in [6.45, 7) is 16.4. The Labute approximate surface area is 230 Å². The number of hydrogen-bond acceptors (Lipinski definition) is 3. The number of nitrogens with zero attached hydrogens (tertiary/aromatic N) is 2. The number of aryl methyl sites for hydroxylation is 2. The first kappa shape index (κ1) is 25.9. The fraction of sp³-hybridized carbons (Fsp3) is 0.147. The van der Waals surface area contributed by atoms with Gasteiger partial charge in [0.2, 0.25) is 0 Å². The Bertz CT molecular complexity index is 1610. The van der Waals surface area contributed by atoms with Crippen LogP contribution in [-0.2, 0) is 6.42 Å². The molecule has 39 heavy (non-hydrogen) atoms. The number of urea groups is 1. The molecule has 4 aromatic carbocycles. The summed E-state index contributed by atoms with van der Waals surface area (Å²) in [4.78, 5) is 16.7. The lowest BCUT2D eigenvalue weighted by Crippen LogP contribution is -2.44. The highest BCUT2D eigenvalue weighted by Gasteiger charge is 2.32. The lowest BCUT2D eigenvalue weighted by Gasteiger charge is -2.36. The Morgan fingerprint density at radius 3 is 2.15 bits per heavy atom. The molecule has 0 bridgehead atoms. The average molecular weight is 516 g/mol. The van der Waals surface area contributed by atoms with Gasteiger partial charge in [-0.3, -0.25) is 9.80 Å². The van der Waals surface area contributed by atoms with E-state index >= 15 is 0 Å². The molecule has 4 aromatic rings. The van der Waals surface area contributed by atoms with Crippen LogP contribution in [0.5, 0.6) is 0 Å². The van der Waals surface area contributed by atoms with Crippen LogP contribution in [0, 0.1) is 13.8 Å². The van der Waals surface area contributed by atoms with Gasteiger partial charge in [0.15, 0.2) is 0 Å². The minimum atomic E-state index is -0.416. The molecule has 0 radical (unpaired) electrons. The number of benzene rings is 4. The summed E-state index contributed by atoms with van der Waals surface area (Å²) in [5.41, 5.74) is 8.13. The first-order valence-corrected chi connectivity index (χ1v) is 12.9. The number of amides is 2. The summed E-state index contributed by atoms with van der Waals surface area (Å²) in [6, 6.07) is 25.5. The monoisotopic (exact) mass is 515 g/mol. The van der Waals surface area contributed by atoms with E-state index in [9.17, 15) is 9.90 Å². The van der Waals surface area contributed by atoms with Crippen LogP contribution in [0.15, 0.2) is 104 Å². The molecule has 0 spiro atoms. The molecule has 1 atom stereocenters. The zero-order chi connectivity index (χ0) is 27.8. The second kappa shape index (κ2) is 10.2.